The Hall–Kier alpha value is -2.83. The van der Waals surface area contributed by atoms with Gasteiger partial charge in [0.1, 0.15) is 17.1 Å². The van der Waals surface area contributed by atoms with Crippen molar-refractivity contribution >= 4 is 5.97 Å². The van der Waals surface area contributed by atoms with Crippen molar-refractivity contribution in [1.82, 2.24) is 9.97 Å². The Morgan fingerprint density at radius 1 is 1.30 bits per heavy atom. The van der Waals surface area contributed by atoms with E-state index in [0.717, 1.165) is 6.20 Å². The molecule has 2 aromatic rings. The molecule has 7 heteroatoms. The number of hydrogen-bond donors (Lipinski definition) is 2. The Morgan fingerprint density at radius 3 is 2.65 bits per heavy atom. The van der Waals surface area contributed by atoms with Crippen molar-refractivity contribution in [1.29, 1.82) is 0 Å². The van der Waals surface area contributed by atoms with E-state index in [2.05, 4.69) is 9.97 Å². The van der Waals surface area contributed by atoms with Gasteiger partial charge in [-0.05, 0) is 18.2 Å². The van der Waals surface area contributed by atoms with Gasteiger partial charge in [0.25, 0.3) is 0 Å². The van der Waals surface area contributed by atoms with Gasteiger partial charge in [0, 0.05) is 11.8 Å². The second kappa shape index (κ2) is 5.43. The summed E-state index contributed by atoms with van der Waals surface area (Å²) in [6, 6.07) is 4.87. The molecule has 0 saturated heterocycles. The van der Waals surface area contributed by atoms with Crippen LogP contribution in [-0.2, 0) is 0 Å². The number of aromatic amines is 1. The lowest BCUT2D eigenvalue weighted by Crippen LogP contribution is -2.15. The van der Waals surface area contributed by atoms with Crippen molar-refractivity contribution in [3.05, 3.63) is 40.4 Å². The lowest BCUT2D eigenvalue weighted by atomic mass is 10.1. The van der Waals surface area contributed by atoms with Gasteiger partial charge in [-0.15, -0.1) is 0 Å². The highest BCUT2D eigenvalue weighted by Gasteiger charge is 2.17. The fourth-order valence-electron chi connectivity index (χ4n) is 1.78. The standard InChI is InChI=1S/C13H12N2O5/c1-19-7-3-4-10(20-2)8(5-7)11-9(12(16)17)6-14-13(18)15-11/h3-6H,1-2H3,(H,16,17)(H,14,15,18). The molecule has 0 unspecified atom stereocenters. The second-order valence-electron chi connectivity index (χ2n) is 3.85. The molecule has 7 nitrogen and oxygen atoms in total. The number of carbonyl (C=O) groups is 1. The first kappa shape index (κ1) is 13.6. The molecular formula is C13H12N2O5. The highest BCUT2D eigenvalue weighted by atomic mass is 16.5. The number of H-pyrrole nitrogens is 1. The van der Waals surface area contributed by atoms with Crippen molar-refractivity contribution in [2.24, 2.45) is 0 Å². The van der Waals surface area contributed by atoms with E-state index >= 15 is 0 Å². The van der Waals surface area contributed by atoms with Crippen molar-refractivity contribution in [3.63, 3.8) is 0 Å². The molecule has 0 aliphatic carbocycles. The van der Waals surface area contributed by atoms with Crippen LogP contribution in [0.5, 0.6) is 11.5 Å². The molecule has 20 heavy (non-hydrogen) atoms. The molecule has 0 amide bonds. The monoisotopic (exact) mass is 276 g/mol. The third-order valence-corrected chi connectivity index (χ3v) is 2.72. The number of benzene rings is 1. The average molecular weight is 276 g/mol. The maximum Gasteiger partial charge on any atom is 0.345 e. The van der Waals surface area contributed by atoms with E-state index in [4.69, 9.17) is 9.47 Å². The third kappa shape index (κ3) is 2.46. The van der Waals surface area contributed by atoms with Crippen molar-refractivity contribution in [2.45, 2.75) is 0 Å². The topological polar surface area (TPSA) is 102 Å². The molecule has 1 aromatic carbocycles. The van der Waals surface area contributed by atoms with E-state index in [-0.39, 0.29) is 11.3 Å². The fraction of sp³-hybridized carbons (Fsp3) is 0.154. The summed E-state index contributed by atoms with van der Waals surface area (Å²) in [4.78, 5) is 28.4. The number of carboxylic acid groups (broad SMARTS) is 1. The highest BCUT2D eigenvalue weighted by Crippen LogP contribution is 2.33. The summed E-state index contributed by atoms with van der Waals surface area (Å²) < 4.78 is 10.3. The number of aromatic carboxylic acids is 1. The molecule has 0 aliphatic rings. The second-order valence-corrected chi connectivity index (χ2v) is 3.85. The number of aromatic nitrogens is 2. The lowest BCUT2D eigenvalue weighted by molar-refractivity contribution is 0.0697. The van der Waals surface area contributed by atoms with Crippen molar-refractivity contribution in [3.8, 4) is 22.8 Å². The molecule has 2 rings (SSSR count). The van der Waals surface area contributed by atoms with Crippen LogP contribution < -0.4 is 15.2 Å². The molecular weight excluding hydrogens is 264 g/mol. The minimum Gasteiger partial charge on any atom is -0.497 e. The molecule has 0 radical (unpaired) electrons. The number of ether oxygens (including phenoxy) is 2. The number of hydrogen-bond acceptors (Lipinski definition) is 5. The van der Waals surface area contributed by atoms with E-state index in [1.165, 1.54) is 14.2 Å². The Labute approximate surface area is 113 Å². The number of methoxy groups -OCH3 is 2. The van der Waals surface area contributed by atoms with Gasteiger partial charge in [-0.1, -0.05) is 0 Å². The van der Waals surface area contributed by atoms with Gasteiger partial charge in [0.15, 0.2) is 0 Å². The summed E-state index contributed by atoms with van der Waals surface area (Å²) in [7, 11) is 2.93. The molecule has 0 fully saturated rings. The predicted octanol–water partition coefficient (Wildman–Crippen LogP) is 1.15. The minimum absolute atomic E-state index is 0.119. The van der Waals surface area contributed by atoms with Crippen molar-refractivity contribution < 1.29 is 19.4 Å². The largest absolute Gasteiger partial charge is 0.497 e. The van der Waals surface area contributed by atoms with Gasteiger partial charge in [-0.2, -0.15) is 0 Å². The SMILES string of the molecule is COc1ccc(OC)c(-c2[nH]c(=O)ncc2C(=O)O)c1. The van der Waals surface area contributed by atoms with Crippen LogP contribution in [-0.4, -0.2) is 35.3 Å². The first-order chi connectivity index (χ1) is 9.56. The van der Waals surface area contributed by atoms with Crippen LogP contribution in [0.15, 0.2) is 29.2 Å². The molecule has 104 valence electrons. The Balaban J connectivity index is 2.75. The third-order valence-electron chi connectivity index (χ3n) is 2.72. The summed E-state index contributed by atoms with van der Waals surface area (Å²) in [6.07, 6.45) is 1.01. The number of nitrogens with one attached hydrogen (secondary N) is 1. The zero-order valence-corrected chi connectivity index (χ0v) is 10.8. The minimum atomic E-state index is -1.20. The average Bonchev–Trinajstić information content (AvgIpc) is 2.46. The quantitative estimate of drug-likeness (QED) is 0.868. The molecule has 2 N–H and O–H groups in total. The molecule has 0 spiro atoms. The van der Waals surface area contributed by atoms with Gasteiger partial charge in [0.2, 0.25) is 0 Å². The highest BCUT2D eigenvalue weighted by molar-refractivity contribution is 5.95. The Kier molecular flexibility index (Phi) is 3.69. The first-order valence-electron chi connectivity index (χ1n) is 5.62. The van der Waals surface area contributed by atoms with Crippen LogP contribution in [0.1, 0.15) is 10.4 Å². The fourth-order valence-corrected chi connectivity index (χ4v) is 1.78. The predicted molar refractivity (Wildman–Crippen MR) is 70.4 cm³/mol. The van der Waals surface area contributed by atoms with E-state index in [1.807, 2.05) is 0 Å². The van der Waals surface area contributed by atoms with E-state index in [0.29, 0.717) is 17.1 Å². The smallest absolute Gasteiger partial charge is 0.345 e. The zero-order valence-electron chi connectivity index (χ0n) is 10.8. The molecule has 0 saturated carbocycles. The summed E-state index contributed by atoms with van der Waals surface area (Å²) in [6.45, 7) is 0. The summed E-state index contributed by atoms with van der Waals surface area (Å²) in [5, 5.41) is 9.17. The van der Waals surface area contributed by atoms with Crippen LogP contribution in [0.25, 0.3) is 11.3 Å². The number of rotatable bonds is 4. The molecule has 0 aliphatic heterocycles. The van der Waals surface area contributed by atoms with Crippen LogP contribution >= 0.6 is 0 Å². The van der Waals surface area contributed by atoms with E-state index in [1.54, 1.807) is 18.2 Å². The number of nitrogens with zero attached hydrogens (tertiary/aromatic N) is 1. The maximum absolute atomic E-state index is 11.4. The van der Waals surface area contributed by atoms with Gasteiger partial charge < -0.3 is 19.6 Å². The Morgan fingerprint density at radius 2 is 2.05 bits per heavy atom. The van der Waals surface area contributed by atoms with E-state index < -0.39 is 11.7 Å². The van der Waals surface area contributed by atoms with Gasteiger partial charge in [-0.3, -0.25) is 0 Å². The van der Waals surface area contributed by atoms with Gasteiger partial charge in [-0.25, -0.2) is 14.6 Å². The molecule has 1 heterocycles. The maximum atomic E-state index is 11.4. The number of carboxylic acids is 1. The normalized spacial score (nSPS) is 10.1. The zero-order chi connectivity index (χ0) is 14.7. The van der Waals surface area contributed by atoms with Crippen LogP contribution in [0.4, 0.5) is 0 Å². The summed E-state index contributed by atoms with van der Waals surface area (Å²) in [5.41, 5.74) is -0.247. The molecule has 0 atom stereocenters. The first-order valence-corrected chi connectivity index (χ1v) is 5.62. The molecule has 0 bridgehead atoms. The van der Waals surface area contributed by atoms with E-state index in [9.17, 15) is 14.7 Å². The van der Waals surface area contributed by atoms with Crippen molar-refractivity contribution in [2.75, 3.05) is 14.2 Å². The summed E-state index contributed by atoms with van der Waals surface area (Å²) in [5.74, 6) is -0.279. The van der Waals surface area contributed by atoms with Gasteiger partial charge in [0.05, 0.1) is 19.9 Å². The molecule has 1 aromatic heterocycles. The lowest BCUT2D eigenvalue weighted by Gasteiger charge is -2.11. The van der Waals surface area contributed by atoms with Crippen LogP contribution in [0, 0.1) is 0 Å². The van der Waals surface area contributed by atoms with Crippen LogP contribution in [0.3, 0.4) is 0 Å². The van der Waals surface area contributed by atoms with Crippen LogP contribution in [0.2, 0.25) is 0 Å². The van der Waals surface area contributed by atoms with Gasteiger partial charge >= 0.3 is 11.7 Å². The Bertz CT molecular complexity index is 708. The summed E-state index contributed by atoms with van der Waals surface area (Å²) >= 11 is 0.